The number of rotatable bonds is 0. The van der Waals surface area contributed by atoms with Crippen molar-refractivity contribution in [3.63, 3.8) is 0 Å². The summed E-state index contributed by atoms with van der Waals surface area (Å²) in [5, 5.41) is 0. The van der Waals surface area contributed by atoms with Gasteiger partial charge in [-0.05, 0) is 23.3 Å². The van der Waals surface area contributed by atoms with Crippen LogP contribution in [0, 0.1) is 0 Å². The standard InChI is InChI=1S/C20H18N2/c1-3-11-21-13-9-15-7-8-16-10-14-22-12-4-2-6-18(22)20(16)19(15)17(21)5-1/h1-8,11-12H,9-10,13-14H2/q+2. The molecule has 0 bridgehead atoms. The molecule has 0 N–H and O–H groups in total. The quantitative estimate of drug-likeness (QED) is 0.561. The maximum Gasteiger partial charge on any atom is 0.213 e. The lowest BCUT2D eigenvalue weighted by molar-refractivity contribution is -0.689. The molecule has 106 valence electrons. The van der Waals surface area contributed by atoms with Gasteiger partial charge in [0.2, 0.25) is 11.4 Å². The van der Waals surface area contributed by atoms with Gasteiger partial charge in [-0.15, -0.1) is 0 Å². The summed E-state index contributed by atoms with van der Waals surface area (Å²) in [5.41, 5.74) is 8.59. The Bertz CT molecular complexity index is 821. The minimum Gasteiger partial charge on any atom is -0.198 e. The molecule has 2 aliphatic rings. The van der Waals surface area contributed by atoms with Crippen LogP contribution >= 0.6 is 0 Å². The summed E-state index contributed by atoms with van der Waals surface area (Å²) in [6.45, 7) is 2.16. The molecule has 5 rings (SSSR count). The first-order chi connectivity index (χ1) is 10.9. The maximum atomic E-state index is 2.39. The highest BCUT2D eigenvalue weighted by molar-refractivity contribution is 5.83. The van der Waals surface area contributed by atoms with Gasteiger partial charge in [0.1, 0.15) is 0 Å². The third kappa shape index (κ3) is 1.61. The lowest BCUT2D eigenvalue weighted by Gasteiger charge is -2.22. The summed E-state index contributed by atoms with van der Waals surface area (Å²) >= 11 is 0. The second-order valence-corrected chi connectivity index (χ2v) is 6.19. The van der Waals surface area contributed by atoms with Crippen LogP contribution in [0.5, 0.6) is 0 Å². The zero-order valence-electron chi connectivity index (χ0n) is 12.5. The molecule has 0 atom stereocenters. The highest BCUT2D eigenvalue weighted by atomic mass is 15.0. The molecule has 2 nitrogen and oxygen atoms in total. The molecule has 0 aliphatic carbocycles. The van der Waals surface area contributed by atoms with Gasteiger partial charge in [0.25, 0.3) is 0 Å². The Labute approximate surface area is 130 Å². The summed E-state index contributed by atoms with van der Waals surface area (Å²) in [6.07, 6.45) is 6.66. The van der Waals surface area contributed by atoms with Crippen molar-refractivity contribution < 1.29 is 9.13 Å². The van der Waals surface area contributed by atoms with Crippen LogP contribution in [-0.2, 0) is 25.9 Å². The van der Waals surface area contributed by atoms with Crippen LogP contribution in [0.1, 0.15) is 11.1 Å². The second-order valence-electron chi connectivity index (χ2n) is 6.19. The monoisotopic (exact) mass is 286 g/mol. The van der Waals surface area contributed by atoms with Gasteiger partial charge in [0, 0.05) is 37.1 Å². The van der Waals surface area contributed by atoms with E-state index in [-0.39, 0.29) is 0 Å². The van der Waals surface area contributed by atoms with E-state index in [0.29, 0.717) is 0 Å². The molecule has 22 heavy (non-hydrogen) atoms. The summed E-state index contributed by atoms with van der Waals surface area (Å²) in [5.74, 6) is 0. The predicted octanol–water partition coefficient (Wildman–Crippen LogP) is 2.71. The summed E-state index contributed by atoms with van der Waals surface area (Å²) in [7, 11) is 0. The zero-order valence-corrected chi connectivity index (χ0v) is 12.5. The van der Waals surface area contributed by atoms with E-state index >= 15 is 0 Å². The third-order valence-electron chi connectivity index (χ3n) is 5.02. The maximum absolute atomic E-state index is 2.39. The van der Waals surface area contributed by atoms with E-state index in [1.54, 1.807) is 0 Å². The molecule has 0 spiro atoms. The smallest absolute Gasteiger partial charge is 0.198 e. The van der Waals surface area contributed by atoms with Crippen LogP contribution in [0.2, 0.25) is 0 Å². The molecule has 0 amide bonds. The van der Waals surface area contributed by atoms with Gasteiger partial charge in [-0.1, -0.05) is 12.1 Å². The van der Waals surface area contributed by atoms with E-state index in [1.807, 2.05) is 0 Å². The molecule has 0 saturated carbocycles. The summed E-state index contributed by atoms with van der Waals surface area (Å²) in [6, 6.07) is 17.8. The Morgan fingerprint density at radius 2 is 1.09 bits per heavy atom. The average Bonchev–Trinajstić information content (AvgIpc) is 2.60. The van der Waals surface area contributed by atoms with E-state index in [1.165, 1.54) is 33.6 Å². The molecular weight excluding hydrogens is 268 g/mol. The van der Waals surface area contributed by atoms with Crippen molar-refractivity contribution in [2.75, 3.05) is 0 Å². The van der Waals surface area contributed by atoms with Crippen molar-refractivity contribution in [2.45, 2.75) is 25.9 Å². The molecule has 2 aliphatic heterocycles. The minimum absolute atomic E-state index is 1.08. The van der Waals surface area contributed by atoms with Crippen molar-refractivity contribution in [1.82, 2.24) is 0 Å². The molecule has 0 saturated heterocycles. The van der Waals surface area contributed by atoms with Crippen molar-refractivity contribution in [3.8, 4) is 22.5 Å². The number of hydrogen-bond acceptors (Lipinski definition) is 0. The van der Waals surface area contributed by atoms with E-state index in [0.717, 1.165) is 25.9 Å². The number of aryl methyl sites for hydroxylation is 4. The number of hydrogen-bond donors (Lipinski definition) is 0. The fraction of sp³-hybridized carbons (Fsp3) is 0.200. The summed E-state index contributed by atoms with van der Waals surface area (Å²) in [4.78, 5) is 0. The van der Waals surface area contributed by atoms with Gasteiger partial charge in [0.05, 0.1) is 11.1 Å². The molecule has 2 heteroatoms. The Morgan fingerprint density at radius 3 is 1.59 bits per heavy atom. The fourth-order valence-electron chi connectivity index (χ4n) is 3.97. The topological polar surface area (TPSA) is 7.76 Å². The van der Waals surface area contributed by atoms with Crippen molar-refractivity contribution in [1.29, 1.82) is 0 Å². The van der Waals surface area contributed by atoms with Crippen LogP contribution in [0.15, 0.2) is 60.9 Å². The van der Waals surface area contributed by atoms with Crippen LogP contribution < -0.4 is 9.13 Å². The van der Waals surface area contributed by atoms with Gasteiger partial charge in [0.15, 0.2) is 25.5 Å². The van der Waals surface area contributed by atoms with Crippen LogP contribution in [0.4, 0.5) is 0 Å². The average molecular weight is 286 g/mol. The van der Waals surface area contributed by atoms with E-state index in [9.17, 15) is 0 Å². The second kappa shape index (κ2) is 4.51. The number of benzene rings is 1. The van der Waals surface area contributed by atoms with Crippen molar-refractivity contribution >= 4 is 0 Å². The van der Waals surface area contributed by atoms with Crippen LogP contribution in [0.25, 0.3) is 22.5 Å². The molecule has 2 aromatic heterocycles. The number of nitrogens with zero attached hydrogens (tertiary/aromatic N) is 2. The molecular formula is C20H18N2+2. The van der Waals surface area contributed by atoms with Crippen LogP contribution in [0.3, 0.4) is 0 Å². The van der Waals surface area contributed by atoms with E-state index in [4.69, 9.17) is 0 Å². The molecule has 0 unspecified atom stereocenters. The lowest BCUT2D eigenvalue weighted by atomic mass is 9.85. The number of aromatic nitrogens is 2. The first-order valence-corrected chi connectivity index (χ1v) is 8.04. The predicted molar refractivity (Wildman–Crippen MR) is 85.1 cm³/mol. The normalized spacial score (nSPS) is 14.5. The molecule has 1 aromatic carbocycles. The molecule has 4 heterocycles. The van der Waals surface area contributed by atoms with Crippen molar-refractivity contribution in [2.24, 2.45) is 0 Å². The van der Waals surface area contributed by atoms with Gasteiger partial charge in [-0.25, -0.2) is 0 Å². The first-order valence-electron chi connectivity index (χ1n) is 8.04. The number of fused-ring (bicyclic) bond motifs is 7. The van der Waals surface area contributed by atoms with Gasteiger partial charge >= 0.3 is 0 Å². The summed E-state index contributed by atoms with van der Waals surface area (Å²) < 4.78 is 4.79. The van der Waals surface area contributed by atoms with Gasteiger partial charge < -0.3 is 0 Å². The Balaban J connectivity index is 1.88. The lowest BCUT2D eigenvalue weighted by Crippen LogP contribution is -2.42. The fourth-order valence-corrected chi connectivity index (χ4v) is 3.97. The highest BCUT2D eigenvalue weighted by Gasteiger charge is 2.32. The Hall–Kier alpha value is -2.48. The molecule has 0 radical (unpaired) electrons. The third-order valence-corrected chi connectivity index (χ3v) is 5.02. The van der Waals surface area contributed by atoms with E-state index in [2.05, 4.69) is 70.1 Å². The van der Waals surface area contributed by atoms with Gasteiger partial charge in [-0.3, -0.25) is 0 Å². The van der Waals surface area contributed by atoms with Crippen LogP contribution in [-0.4, -0.2) is 0 Å². The zero-order chi connectivity index (χ0) is 14.5. The minimum atomic E-state index is 1.08. The molecule has 0 fully saturated rings. The Morgan fingerprint density at radius 1 is 0.591 bits per heavy atom. The SMILES string of the molecule is c1cc[n+]2c(c1)-c1c(ccc3c1-c1cccc[n+]1CC3)CC2. The highest BCUT2D eigenvalue weighted by Crippen LogP contribution is 2.38. The Kier molecular flexibility index (Phi) is 2.48. The first kappa shape index (κ1) is 12.1. The number of pyridine rings is 2. The largest absolute Gasteiger partial charge is 0.213 e. The van der Waals surface area contributed by atoms with Crippen molar-refractivity contribution in [3.05, 3.63) is 72.1 Å². The van der Waals surface area contributed by atoms with Gasteiger partial charge in [-0.2, -0.15) is 9.13 Å². The molecule has 3 aromatic rings. The van der Waals surface area contributed by atoms with E-state index < -0.39 is 0 Å².